The summed E-state index contributed by atoms with van der Waals surface area (Å²) in [6.07, 6.45) is 3.15. The molecule has 3 aromatic rings. The SMILES string of the molecule is C1=CCC=1c1ccc2c(c1)sc1ccccc12. The number of allylic oxidation sites excluding steroid dienone is 1. The van der Waals surface area contributed by atoms with E-state index in [9.17, 15) is 0 Å². The second-order valence-corrected chi connectivity index (χ2v) is 5.42. The summed E-state index contributed by atoms with van der Waals surface area (Å²) in [5.74, 6) is 0. The van der Waals surface area contributed by atoms with Gasteiger partial charge in [0, 0.05) is 32.2 Å². The van der Waals surface area contributed by atoms with Crippen molar-refractivity contribution >= 4 is 37.1 Å². The largest absolute Gasteiger partial charge is 0.135 e. The summed E-state index contributed by atoms with van der Waals surface area (Å²) in [7, 11) is 0. The van der Waals surface area contributed by atoms with E-state index >= 15 is 0 Å². The average molecular weight is 234 g/mol. The van der Waals surface area contributed by atoms with Crippen LogP contribution in [0.1, 0.15) is 12.0 Å². The van der Waals surface area contributed by atoms with Crippen molar-refractivity contribution in [3.05, 3.63) is 59.8 Å². The van der Waals surface area contributed by atoms with Crippen molar-refractivity contribution in [2.45, 2.75) is 6.42 Å². The van der Waals surface area contributed by atoms with Gasteiger partial charge in [-0.2, -0.15) is 0 Å². The molecule has 0 amide bonds. The van der Waals surface area contributed by atoms with Gasteiger partial charge in [0.25, 0.3) is 0 Å². The van der Waals surface area contributed by atoms with Gasteiger partial charge in [-0.1, -0.05) is 30.3 Å². The summed E-state index contributed by atoms with van der Waals surface area (Å²) in [6, 6.07) is 15.4. The van der Waals surface area contributed by atoms with Crippen LogP contribution >= 0.6 is 11.3 Å². The molecule has 0 saturated heterocycles. The van der Waals surface area contributed by atoms with E-state index in [0.717, 1.165) is 6.42 Å². The van der Waals surface area contributed by atoms with E-state index in [1.54, 1.807) is 0 Å². The van der Waals surface area contributed by atoms with Crippen LogP contribution in [0.5, 0.6) is 0 Å². The second kappa shape index (κ2) is 3.33. The highest BCUT2D eigenvalue weighted by Crippen LogP contribution is 2.36. The van der Waals surface area contributed by atoms with Crippen LogP contribution in [0.3, 0.4) is 0 Å². The molecule has 0 bridgehead atoms. The Morgan fingerprint density at radius 2 is 1.76 bits per heavy atom. The van der Waals surface area contributed by atoms with Crippen molar-refractivity contribution in [1.29, 1.82) is 0 Å². The van der Waals surface area contributed by atoms with Gasteiger partial charge in [-0.3, -0.25) is 0 Å². The molecule has 1 heteroatoms. The summed E-state index contributed by atoms with van der Waals surface area (Å²) in [4.78, 5) is 0. The summed E-state index contributed by atoms with van der Waals surface area (Å²) < 4.78 is 2.75. The van der Waals surface area contributed by atoms with E-state index in [0.29, 0.717) is 0 Å². The van der Waals surface area contributed by atoms with Crippen LogP contribution in [0, 0.1) is 0 Å². The van der Waals surface area contributed by atoms with Crippen LogP contribution in [0.2, 0.25) is 0 Å². The zero-order chi connectivity index (χ0) is 11.2. The molecule has 2 aromatic carbocycles. The van der Waals surface area contributed by atoms with Crippen LogP contribution in [-0.2, 0) is 0 Å². The van der Waals surface area contributed by atoms with Gasteiger partial charge < -0.3 is 0 Å². The molecule has 80 valence electrons. The summed E-state index contributed by atoms with van der Waals surface area (Å²) >= 11 is 1.88. The fraction of sp³-hybridized carbons (Fsp3) is 0.0625. The molecule has 4 rings (SSSR count). The summed E-state index contributed by atoms with van der Waals surface area (Å²) in [5.41, 5.74) is 5.92. The first-order valence-electron chi connectivity index (χ1n) is 5.77. The van der Waals surface area contributed by atoms with Gasteiger partial charge >= 0.3 is 0 Å². The van der Waals surface area contributed by atoms with E-state index in [-0.39, 0.29) is 0 Å². The number of hydrogen-bond donors (Lipinski definition) is 0. The second-order valence-electron chi connectivity index (χ2n) is 4.34. The average Bonchev–Trinajstić information content (AvgIpc) is 2.64. The highest BCUT2D eigenvalue weighted by Gasteiger charge is 2.08. The first-order chi connectivity index (χ1) is 8.42. The first-order valence-corrected chi connectivity index (χ1v) is 6.59. The molecule has 1 heterocycles. The zero-order valence-corrected chi connectivity index (χ0v) is 10.1. The van der Waals surface area contributed by atoms with Gasteiger partial charge in [-0.15, -0.1) is 17.1 Å². The number of thiophene rings is 1. The Morgan fingerprint density at radius 1 is 0.941 bits per heavy atom. The van der Waals surface area contributed by atoms with Gasteiger partial charge in [0.1, 0.15) is 0 Å². The highest BCUT2D eigenvalue weighted by molar-refractivity contribution is 7.25. The standard InChI is InChI=1S/C16H10S/c1-2-7-15-13(6-1)14-9-8-12(10-16(14)17-15)11-4-3-5-11/h1-3,6-10H,4H2. The number of benzene rings is 2. The van der Waals surface area contributed by atoms with Crippen LogP contribution in [0.15, 0.2) is 54.3 Å². The Balaban J connectivity index is 2.07. The van der Waals surface area contributed by atoms with E-state index < -0.39 is 0 Å². The fourth-order valence-corrected chi connectivity index (χ4v) is 3.46. The number of fused-ring (bicyclic) bond motifs is 3. The Hall–Kier alpha value is -1.82. The van der Waals surface area contributed by atoms with Gasteiger partial charge in [0.15, 0.2) is 0 Å². The van der Waals surface area contributed by atoms with Gasteiger partial charge in [-0.05, 0) is 23.8 Å². The van der Waals surface area contributed by atoms with Gasteiger partial charge in [0.05, 0.1) is 0 Å². The third-order valence-corrected chi connectivity index (χ3v) is 4.44. The van der Waals surface area contributed by atoms with Gasteiger partial charge in [-0.25, -0.2) is 0 Å². The topological polar surface area (TPSA) is 0 Å². The Morgan fingerprint density at radius 3 is 2.59 bits per heavy atom. The van der Waals surface area contributed by atoms with E-state index in [1.165, 1.54) is 31.3 Å². The van der Waals surface area contributed by atoms with Crippen molar-refractivity contribution in [1.82, 2.24) is 0 Å². The summed E-state index contributed by atoms with van der Waals surface area (Å²) in [5, 5.41) is 2.75. The van der Waals surface area contributed by atoms with E-state index in [2.05, 4.69) is 54.3 Å². The molecule has 0 fully saturated rings. The van der Waals surface area contributed by atoms with Gasteiger partial charge in [0.2, 0.25) is 0 Å². The molecule has 0 nitrogen and oxygen atoms in total. The Kier molecular flexibility index (Phi) is 1.81. The van der Waals surface area contributed by atoms with Crippen molar-refractivity contribution in [2.75, 3.05) is 0 Å². The molecule has 0 spiro atoms. The molecule has 1 aromatic heterocycles. The maximum Gasteiger partial charge on any atom is 0.0361 e. The fourth-order valence-electron chi connectivity index (χ4n) is 2.32. The molecule has 0 unspecified atom stereocenters. The lowest BCUT2D eigenvalue weighted by Gasteiger charge is -2.07. The number of rotatable bonds is 1. The van der Waals surface area contributed by atoms with Crippen LogP contribution in [-0.4, -0.2) is 0 Å². The third kappa shape index (κ3) is 1.30. The molecule has 1 aliphatic carbocycles. The van der Waals surface area contributed by atoms with E-state index in [4.69, 9.17) is 0 Å². The smallest absolute Gasteiger partial charge is 0.0361 e. The normalized spacial score (nSPS) is 14.0. The molecule has 17 heavy (non-hydrogen) atoms. The molecule has 0 aliphatic heterocycles. The Labute approximate surface area is 104 Å². The lowest BCUT2D eigenvalue weighted by Crippen LogP contribution is -1.86. The molecular formula is C16H10S. The van der Waals surface area contributed by atoms with Crippen molar-refractivity contribution in [2.24, 2.45) is 0 Å². The molecule has 0 radical (unpaired) electrons. The third-order valence-electron chi connectivity index (χ3n) is 3.31. The molecule has 1 aliphatic rings. The van der Waals surface area contributed by atoms with Crippen molar-refractivity contribution in [3.8, 4) is 0 Å². The predicted octanol–water partition coefficient (Wildman–Crippen LogP) is 5.00. The minimum Gasteiger partial charge on any atom is -0.135 e. The monoisotopic (exact) mass is 234 g/mol. The van der Waals surface area contributed by atoms with Crippen molar-refractivity contribution in [3.63, 3.8) is 0 Å². The van der Waals surface area contributed by atoms with Crippen molar-refractivity contribution < 1.29 is 0 Å². The lowest BCUT2D eigenvalue weighted by molar-refractivity contribution is 1.35. The minimum absolute atomic E-state index is 1.07. The highest BCUT2D eigenvalue weighted by atomic mass is 32.1. The minimum atomic E-state index is 1.07. The quantitative estimate of drug-likeness (QED) is 0.520. The molecule has 0 N–H and O–H groups in total. The predicted molar refractivity (Wildman–Crippen MR) is 75.4 cm³/mol. The first kappa shape index (κ1) is 9.23. The molecule has 0 saturated carbocycles. The van der Waals surface area contributed by atoms with Crippen LogP contribution in [0.4, 0.5) is 0 Å². The maximum absolute atomic E-state index is 3.26. The zero-order valence-electron chi connectivity index (χ0n) is 9.23. The molecular weight excluding hydrogens is 224 g/mol. The van der Waals surface area contributed by atoms with Crippen LogP contribution < -0.4 is 0 Å². The van der Waals surface area contributed by atoms with E-state index in [1.807, 2.05) is 11.3 Å². The molecule has 0 atom stereocenters. The number of hydrogen-bond acceptors (Lipinski definition) is 1. The maximum atomic E-state index is 3.26. The summed E-state index contributed by atoms with van der Waals surface area (Å²) in [6.45, 7) is 0. The lowest BCUT2D eigenvalue weighted by atomic mass is 9.97. The van der Waals surface area contributed by atoms with Crippen LogP contribution in [0.25, 0.3) is 25.7 Å². The Bertz CT molecular complexity index is 799.